The first-order chi connectivity index (χ1) is 33.7. The van der Waals surface area contributed by atoms with Gasteiger partial charge in [0.2, 0.25) is 0 Å². The molecule has 0 bridgehead atoms. The molecule has 0 saturated carbocycles. The van der Waals surface area contributed by atoms with Crippen LogP contribution in [0.2, 0.25) is 26.2 Å². The van der Waals surface area contributed by atoms with Gasteiger partial charge in [0.05, 0.1) is 16.1 Å². The van der Waals surface area contributed by atoms with Crippen molar-refractivity contribution >= 4 is 40.5 Å². The van der Waals surface area contributed by atoms with E-state index in [9.17, 15) is 0 Å². The van der Waals surface area contributed by atoms with Crippen LogP contribution in [0, 0.1) is 0 Å². The molecule has 0 heterocycles. The summed E-state index contributed by atoms with van der Waals surface area (Å²) in [7, 11) is -3.90. The van der Waals surface area contributed by atoms with Crippen molar-refractivity contribution in [3.05, 3.63) is 210 Å². The van der Waals surface area contributed by atoms with Gasteiger partial charge in [-0.25, -0.2) is 0 Å². The number of hydrogen-bond donors (Lipinski definition) is 0. The molecular formula is C69H80Si2. The summed E-state index contributed by atoms with van der Waals surface area (Å²) in [5.74, 6) is 0. The minimum absolute atomic E-state index is 0.149. The first kappa shape index (κ1) is 49.3. The van der Waals surface area contributed by atoms with Crippen molar-refractivity contribution in [2.24, 2.45) is 0 Å². The normalized spacial score (nSPS) is 19.5. The van der Waals surface area contributed by atoms with Crippen molar-refractivity contribution in [1.82, 2.24) is 0 Å². The second-order valence-electron chi connectivity index (χ2n) is 25.6. The second-order valence-corrected chi connectivity index (χ2v) is 35.2. The predicted octanol–water partition coefficient (Wildman–Crippen LogP) is 19.5. The van der Waals surface area contributed by atoms with Gasteiger partial charge in [-0.3, -0.25) is 0 Å². The summed E-state index contributed by atoms with van der Waals surface area (Å²) in [5.41, 5.74) is 32.0. The van der Waals surface area contributed by atoms with Crippen LogP contribution in [0.5, 0.6) is 0 Å². The highest BCUT2D eigenvalue weighted by Gasteiger charge is 2.49. The van der Waals surface area contributed by atoms with Crippen molar-refractivity contribution in [3.63, 3.8) is 0 Å². The second kappa shape index (κ2) is 18.3. The zero-order valence-corrected chi connectivity index (χ0v) is 47.7. The lowest BCUT2D eigenvalue weighted by Gasteiger charge is -2.39. The SMILES string of the molecule is CC1=Cc2c(CCCCCc3cccc4c3C=C(C)C4[Si](C)(C)C3C(C)=Cc4c(-c5ccc(C(C)(C)C)cc5)cccc43)cccc2C1[Si](C)(C)C1C(C)=Cc2c(-c3ccc(C(C)(C)C)cc3)cccc21. The summed E-state index contributed by atoms with van der Waals surface area (Å²) in [6.07, 6.45) is 16.2. The number of rotatable bonds is 12. The molecule has 364 valence electrons. The maximum atomic E-state index is 2.68. The van der Waals surface area contributed by atoms with E-state index < -0.39 is 16.1 Å². The van der Waals surface area contributed by atoms with Gasteiger partial charge in [-0.05, 0) is 153 Å². The van der Waals surface area contributed by atoms with E-state index in [-0.39, 0.29) is 10.8 Å². The molecule has 4 aliphatic carbocycles. The standard InChI is InChI=1S/C69H80Si2/c1-44-40-60-48(24-18-28-56(60)64(44)70(11,12)66-46(3)42-62-54(26-20-30-58(62)66)50-32-36-52(37-33-50)68(5,6)7)22-16-15-17-23-49-25-19-29-57-61(49)41-45(2)65(57)71(13,14)67-47(4)43-63-55(27-21-31-59(63)67)51-34-38-53(39-35-51)69(8,9)10/h18-21,24-43,64-67H,15-17,22-23H2,1-14H3. The Morgan fingerprint density at radius 2 is 0.648 bits per heavy atom. The number of fused-ring (bicyclic) bond motifs is 4. The molecule has 0 aromatic heterocycles. The van der Waals surface area contributed by atoms with Gasteiger partial charge in [0, 0.05) is 22.2 Å². The Bertz CT molecular complexity index is 2950. The molecule has 0 fully saturated rings. The molecule has 6 aromatic rings. The summed E-state index contributed by atoms with van der Waals surface area (Å²) in [5, 5.41) is 0. The molecule has 0 saturated heterocycles. The fourth-order valence-corrected chi connectivity index (χ4v) is 24.6. The van der Waals surface area contributed by atoms with Crippen molar-refractivity contribution in [2.75, 3.05) is 0 Å². The van der Waals surface area contributed by atoms with E-state index in [1.165, 1.54) is 74.9 Å². The van der Waals surface area contributed by atoms with Crippen LogP contribution in [0.3, 0.4) is 0 Å². The largest absolute Gasteiger partial charge is 0.0722 e. The van der Waals surface area contributed by atoms with E-state index in [4.69, 9.17) is 0 Å². The summed E-state index contributed by atoms with van der Waals surface area (Å²) >= 11 is 0. The maximum Gasteiger partial charge on any atom is 0.0722 e. The molecule has 4 aliphatic rings. The van der Waals surface area contributed by atoms with Gasteiger partial charge in [-0.15, -0.1) is 0 Å². The van der Waals surface area contributed by atoms with Gasteiger partial charge < -0.3 is 0 Å². The Morgan fingerprint density at radius 1 is 0.352 bits per heavy atom. The van der Waals surface area contributed by atoms with Gasteiger partial charge in [-0.1, -0.05) is 242 Å². The summed E-state index contributed by atoms with van der Waals surface area (Å²) < 4.78 is 0. The molecular weight excluding hydrogens is 885 g/mol. The highest BCUT2D eigenvalue weighted by molar-refractivity contribution is 6.82. The first-order valence-corrected chi connectivity index (χ1v) is 33.4. The van der Waals surface area contributed by atoms with Crippen molar-refractivity contribution in [1.29, 1.82) is 0 Å². The minimum Gasteiger partial charge on any atom is -0.0679 e. The Labute approximate surface area is 431 Å². The number of hydrogen-bond acceptors (Lipinski definition) is 0. The van der Waals surface area contributed by atoms with Gasteiger partial charge in [0.15, 0.2) is 0 Å². The molecule has 0 N–H and O–H groups in total. The Hall–Kier alpha value is -5.29. The first-order valence-electron chi connectivity index (χ1n) is 27.1. The maximum absolute atomic E-state index is 2.68. The molecule has 4 unspecified atom stereocenters. The quantitative estimate of drug-likeness (QED) is 0.0847. The molecule has 0 aliphatic heterocycles. The minimum atomic E-state index is -1.95. The fraction of sp³-hybridized carbons (Fsp3) is 0.362. The molecule has 10 rings (SSSR count). The van der Waals surface area contributed by atoms with Crippen molar-refractivity contribution in [3.8, 4) is 22.3 Å². The topological polar surface area (TPSA) is 0 Å². The molecule has 71 heavy (non-hydrogen) atoms. The molecule has 0 radical (unpaired) electrons. The van der Waals surface area contributed by atoms with E-state index in [1.54, 1.807) is 55.7 Å². The third-order valence-electron chi connectivity index (χ3n) is 17.8. The third kappa shape index (κ3) is 8.73. The zero-order valence-electron chi connectivity index (χ0n) is 45.7. The van der Waals surface area contributed by atoms with E-state index in [0.717, 1.165) is 12.8 Å². The molecule has 4 atom stereocenters. The third-order valence-corrected chi connectivity index (χ3v) is 26.8. The summed E-state index contributed by atoms with van der Waals surface area (Å²) in [6, 6.07) is 47.5. The van der Waals surface area contributed by atoms with Crippen LogP contribution in [0.4, 0.5) is 0 Å². The molecule has 6 aromatic carbocycles. The molecule has 0 spiro atoms. The van der Waals surface area contributed by atoms with Crippen LogP contribution in [0.25, 0.3) is 46.6 Å². The van der Waals surface area contributed by atoms with Gasteiger partial charge in [0.25, 0.3) is 0 Å². The van der Waals surface area contributed by atoms with Crippen LogP contribution >= 0.6 is 0 Å². The smallest absolute Gasteiger partial charge is 0.0679 e. The lowest BCUT2D eigenvalue weighted by Crippen LogP contribution is -2.42. The van der Waals surface area contributed by atoms with Crippen LogP contribution in [0.15, 0.2) is 144 Å². The van der Waals surface area contributed by atoms with E-state index in [0.29, 0.717) is 22.2 Å². The lowest BCUT2D eigenvalue weighted by atomic mass is 9.86. The Morgan fingerprint density at radius 3 is 0.972 bits per heavy atom. The highest BCUT2D eigenvalue weighted by atomic mass is 28.3. The number of benzene rings is 6. The average Bonchev–Trinajstić information content (AvgIpc) is 4.07. The van der Waals surface area contributed by atoms with E-state index >= 15 is 0 Å². The number of allylic oxidation sites excluding steroid dienone is 4. The van der Waals surface area contributed by atoms with E-state index in [1.807, 2.05) is 0 Å². The number of unbranched alkanes of at least 4 members (excludes halogenated alkanes) is 2. The molecule has 0 nitrogen and oxygen atoms in total. The molecule has 2 heteroatoms. The Balaban J connectivity index is 0.812. The number of aryl methyl sites for hydroxylation is 2. The van der Waals surface area contributed by atoms with Crippen LogP contribution < -0.4 is 0 Å². The van der Waals surface area contributed by atoms with Crippen molar-refractivity contribution < 1.29 is 0 Å². The Kier molecular flexibility index (Phi) is 12.7. The molecule has 0 amide bonds. The average molecular weight is 966 g/mol. The van der Waals surface area contributed by atoms with E-state index in [2.05, 4.69) is 241 Å². The van der Waals surface area contributed by atoms with Crippen LogP contribution in [0.1, 0.15) is 177 Å². The zero-order chi connectivity index (χ0) is 50.4. The summed E-state index contributed by atoms with van der Waals surface area (Å²) in [6.45, 7) is 34.2. The van der Waals surface area contributed by atoms with Gasteiger partial charge >= 0.3 is 0 Å². The lowest BCUT2D eigenvalue weighted by molar-refractivity contribution is 0.590. The fourth-order valence-electron chi connectivity index (χ4n) is 14.7. The highest BCUT2D eigenvalue weighted by Crippen LogP contribution is 2.56. The van der Waals surface area contributed by atoms with Crippen molar-refractivity contribution in [2.45, 2.75) is 161 Å². The van der Waals surface area contributed by atoms with Gasteiger partial charge in [-0.2, -0.15) is 0 Å². The monoisotopic (exact) mass is 965 g/mol. The van der Waals surface area contributed by atoms with Crippen LogP contribution in [-0.2, 0) is 23.7 Å². The predicted molar refractivity (Wildman–Crippen MR) is 316 cm³/mol. The van der Waals surface area contributed by atoms with Crippen LogP contribution in [-0.4, -0.2) is 16.1 Å². The summed E-state index contributed by atoms with van der Waals surface area (Å²) in [4.78, 5) is 0. The van der Waals surface area contributed by atoms with Gasteiger partial charge in [0.1, 0.15) is 0 Å².